The first-order valence-electron chi connectivity index (χ1n) is 29.9. The van der Waals surface area contributed by atoms with Gasteiger partial charge in [0.15, 0.2) is 0 Å². The molecule has 0 heterocycles. The lowest BCUT2D eigenvalue weighted by Gasteiger charge is -2.24. The quantitative estimate of drug-likeness (QED) is 0.0321. The van der Waals surface area contributed by atoms with Crippen molar-refractivity contribution < 1.29 is 24.5 Å². The first kappa shape index (κ1) is 64.6. The number of hydrogen-bond acceptors (Lipinski definition) is 5. The molecule has 0 fully saturated rings. The van der Waals surface area contributed by atoms with Gasteiger partial charge in [-0.15, -0.1) is 0 Å². The molecular weight excluding hydrogens is 815 g/mol. The smallest absolute Gasteiger partial charge is 0.306 e. The molecule has 0 radical (unpaired) electrons. The molecule has 6 heteroatoms. The number of hydrogen-bond donors (Lipinski definition) is 3. The van der Waals surface area contributed by atoms with E-state index < -0.39 is 18.2 Å². The fraction of sp³-hybridized carbons (Fsp3) is 0.933. The number of carbonyl (C=O) groups is 2. The second kappa shape index (κ2) is 54.5. The number of ether oxygens (including phenoxy) is 1. The van der Waals surface area contributed by atoms with E-state index in [0.29, 0.717) is 19.3 Å². The first-order valence-corrected chi connectivity index (χ1v) is 29.9. The maximum atomic E-state index is 13.3. The molecule has 3 N–H and O–H groups in total. The Balaban J connectivity index is 4.51. The van der Waals surface area contributed by atoms with Crippen molar-refractivity contribution in [2.45, 2.75) is 354 Å². The molecule has 0 aromatic heterocycles. The van der Waals surface area contributed by atoms with Gasteiger partial charge in [0, 0.05) is 6.42 Å². The Labute approximate surface area is 412 Å². The van der Waals surface area contributed by atoms with Crippen molar-refractivity contribution in [2.24, 2.45) is 0 Å². The molecule has 1 amide bonds. The number of amides is 1. The van der Waals surface area contributed by atoms with Crippen LogP contribution in [0.3, 0.4) is 0 Å². The second-order valence-electron chi connectivity index (χ2n) is 20.8. The zero-order valence-electron chi connectivity index (χ0n) is 44.9. The Morgan fingerprint density at radius 2 is 0.727 bits per heavy atom. The molecule has 0 saturated heterocycles. The van der Waals surface area contributed by atoms with Crippen LogP contribution in [0.5, 0.6) is 0 Å². The molecule has 0 aromatic rings. The predicted molar refractivity (Wildman–Crippen MR) is 287 cm³/mol. The van der Waals surface area contributed by atoms with E-state index in [2.05, 4.69) is 38.2 Å². The minimum atomic E-state index is -0.784. The lowest BCUT2D eigenvalue weighted by atomic mass is 10.0. The van der Waals surface area contributed by atoms with Crippen LogP contribution in [0, 0.1) is 0 Å². The van der Waals surface area contributed by atoms with Crippen LogP contribution in [0.15, 0.2) is 12.2 Å². The Hall–Kier alpha value is -1.40. The topological polar surface area (TPSA) is 95.9 Å². The molecule has 392 valence electrons. The summed E-state index contributed by atoms with van der Waals surface area (Å²) in [7, 11) is 0. The van der Waals surface area contributed by atoms with Crippen molar-refractivity contribution in [1.82, 2.24) is 5.32 Å². The van der Waals surface area contributed by atoms with Gasteiger partial charge in [0.05, 0.1) is 25.2 Å². The normalized spacial score (nSPS) is 13.1. The summed E-state index contributed by atoms with van der Waals surface area (Å²) in [5.41, 5.74) is 0. The molecule has 6 nitrogen and oxygen atoms in total. The predicted octanol–water partition coefficient (Wildman–Crippen LogP) is 18.5. The summed E-state index contributed by atoms with van der Waals surface area (Å²) in [6.45, 7) is 6.53. The fourth-order valence-electron chi connectivity index (χ4n) is 9.55. The average Bonchev–Trinajstić information content (AvgIpc) is 3.31. The van der Waals surface area contributed by atoms with Crippen LogP contribution in [0.4, 0.5) is 0 Å². The Bertz CT molecular complexity index is 1000. The molecule has 0 bridgehead atoms. The van der Waals surface area contributed by atoms with Crippen molar-refractivity contribution in [3.63, 3.8) is 0 Å². The molecule has 0 aliphatic heterocycles. The van der Waals surface area contributed by atoms with Gasteiger partial charge in [0.25, 0.3) is 0 Å². The molecule has 0 spiro atoms. The van der Waals surface area contributed by atoms with Gasteiger partial charge in [-0.25, -0.2) is 0 Å². The highest BCUT2D eigenvalue weighted by atomic mass is 16.5. The molecule has 0 aromatic carbocycles. The lowest BCUT2D eigenvalue weighted by Crippen LogP contribution is -2.46. The van der Waals surface area contributed by atoms with Crippen LogP contribution in [0.1, 0.15) is 335 Å². The lowest BCUT2D eigenvalue weighted by molar-refractivity contribution is -0.151. The standard InChI is InChI=1S/C60H117NO5/c1-4-7-10-13-16-19-22-25-27-29-31-33-35-38-41-44-47-50-53-60(65)66-56(51-48-45-42-39-36-34-32-30-28-26-23-20-17-14-11-8-5-2)54-59(64)61-57(55-62)58(63)52-49-46-43-40-37-24-21-18-15-12-9-6-3/h31,33,56-58,62-63H,4-30,32,34-55H2,1-3H3,(H,61,64)/b33-31+. The summed E-state index contributed by atoms with van der Waals surface area (Å²) in [4.78, 5) is 26.3. The number of unbranched alkanes of at least 4 members (excludes halogenated alkanes) is 41. The second-order valence-corrected chi connectivity index (χ2v) is 20.8. The van der Waals surface area contributed by atoms with Crippen molar-refractivity contribution in [3.05, 3.63) is 12.2 Å². The van der Waals surface area contributed by atoms with E-state index in [4.69, 9.17) is 4.74 Å². The van der Waals surface area contributed by atoms with Gasteiger partial charge in [0.2, 0.25) is 5.91 Å². The fourth-order valence-corrected chi connectivity index (χ4v) is 9.55. The Morgan fingerprint density at radius 3 is 1.08 bits per heavy atom. The summed E-state index contributed by atoms with van der Waals surface area (Å²) >= 11 is 0. The zero-order chi connectivity index (χ0) is 48.1. The number of aliphatic hydroxyl groups is 2. The van der Waals surface area contributed by atoms with Crippen molar-refractivity contribution in [1.29, 1.82) is 0 Å². The van der Waals surface area contributed by atoms with E-state index in [9.17, 15) is 19.8 Å². The van der Waals surface area contributed by atoms with Crippen molar-refractivity contribution in [3.8, 4) is 0 Å². The summed E-state index contributed by atoms with van der Waals surface area (Å²) in [5, 5.41) is 23.9. The van der Waals surface area contributed by atoms with Gasteiger partial charge in [-0.2, -0.15) is 0 Å². The van der Waals surface area contributed by atoms with E-state index in [0.717, 1.165) is 51.4 Å². The third kappa shape index (κ3) is 49.0. The van der Waals surface area contributed by atoms with Crippen LogP contribution in [-0.2, 0) is 14.3 Å². The van der Waals surface area contributed by atoms with Crippen LogP contribution >= 0.6 is 0 Å². The summed E-state index contributed by atoms with van der Waals surface area (Å²) in [6.07, 6.45) is 62.8. The van der Waals surface area contributed by atoms with Gasteiger partial charge < -0.3 is 20.3 Å². The molecule has 0 aliphatic carbocycles. The monoisotopic (exact) mass is 932 g/mol. The van der Waals surface area contributed by atoms with E-state index in [1.165, 1.54) is 238 Å². The molecule has 0 rings (SSSR count). The largest absolute Gasteiger partial charge is 0.462 e. The number of allylic oxidation sites excluding steroid dienone is 2. The average molecular weight is 933 g/mol. The number of carbonyl (C=O) groups excluding carboxylic acids is 2. The number of aliphatic hydroxyl groups excluding tert-OH is 2. The van der Waals surface area contributed by atoms with Crippen LogP contribution in [0.2, 0.25) is 0 Å². The van der Waals surface area contributed by atoms with Gasteiger partial charge in [-0.1, -0.05) is 283 Å². The summed E-state index contributed by atoms with van der Waals surface area (Å²) in [5.74, 6) is -0.459. The maximum Gasteiger partial charge on any atom is 0.306 e. The zero-order valence-corrected chi connectivity index (χ0v) is 44.9. The number of nitrogens with one attached hydrogen (secondary N) is 1. The highest BCUT2D eigenvalue weighted by Gasteiger charge is 2.24. The van der Waals surface area contributed by atoms with Gasteiger partial charge in [-0.3, -0.25) is 9.59 Å². The Morgan fingerprint density at radius 1 is 0.424 bits per heavy atom. The van der Waals surface area contributed by atoms with Crippen molar-refractivity contribution >= 4 is 11.9 Å². The van der Waals surface area contributed by atoms with Crippen molar-refractivity contribution in [2.75, 3.05) is 6.61 Å². The van der Waals surface area contributed by atoms with E-state index in [1.54, 1.807) is 0 Å². The third-order valence-corrected chi connectivity index (χ3v) is 14.1. The molecule has 3 atom stereocenters. The highest BCUT2D eigenvalue weighted by Crippen LogP contribution is 2.19. The van der Waals surface area contributed by atoms with E-state index in [1.807, 2.05) is 0 Å². The third-order valence-electron chi connectivity index (χ3n) is 14.1. The van der Waals surface area contributed by atoms with Crippen LogP contribution in [0.25, 0.3) is 0 Å². The maximum absolute atomic E-state index is 13.3. The molecule has 66 heavy (non-hydrogen) atoms. The molecular formula is C60H117NO5. The minimum Gasteiger partial charge on any atom is -0.462 e. The minimum absolute atomic E-state index is 0.0824. The molecule has 0 aliphatic rings. The van der Waals surface area contributed by atoms with Crippen LogP contribution in [-0.4, -0.2) is 46.9 Å². The van der Waals surface area contributed by atoms with Gasteiger partial charge >= 0.3 is 5.97 Å². The Kier molecular flexibility index (Phi) is 53.4. The SMILES string of the molecule is CCCCCCCCCCC/C=C/CCCCCCCC(=O)OC(CCCCCCCCCCCCCCCCCCC)CC(=O)NC(CO)C(O)CCCCCCCCCCCCCC. The van der Waals surface area contributed by atoms with Crippen LogP contribution < -0.4 is 5.32 Å². The molecule has 0 saturated carbocycles. The van der Waals surface area contributed by atoms with E-state index in [-0.39, 0.29) is 24.9 Å². The summed E-state index contributed by atoms with van der Waals surface area (Å²) < 4.78 is 5.97. The van der Waals surface area contributed by atoms with E-state index >= 15 is 0 Å². The van der Waals surface area contributed by atoms with Gasteiger partial charge in [-0.05, 0) is 51.4 Å². The first-order chi connectivity index (χ1) is 32.5. The molecule has 3 unspecified atom stereocenters. The number of esters is 1. The highest BCUT2D eigenvalue weighted by molar-refractivity contribution is 5.77. The van der Waals surface area contributed by atoms with Gasteiger partial charge in [0.1, 0.15) is 6.10 Å². The number of rotatable bonds is 55. The summed E-state index contributed by atoms with van der Waals surface area (Å²) in [6, 6.07) is -0.697.